The maximum atomic E-state index is 11.6. The molecule has 2 rings (SSSR count). The highest BCUT2D eigenvalue weighted by Crippen LogP contribution is 2.38. The van der Waals surface area contributed by atoms with Gasteiger partial charge < -0.3 is 11.1 Å². The zero-order chi connectivity index (χ0) is 14.1. The van der Waals surface area contributed by atoms with Crippen molar-refractivity contribution in [3.8, 4) is 0 Å². The molecule has 0 aliphatic heterocycles. The van der Waals surface area contributed by atoms with E-state index in [1.54, 1.807) is 12.1 Å². The zero-order valence-electron chi connectivity index (χ0n) is 11.1. The highest BCUT2D eigenvalue weighted by molar-refractivity contribution is 7.89. The van der Waals surface area contributed by atoms with Crippen molar-refractivity contribution in [1.29, 1.82) is 0 Å². The van der Waals surface area contributed by atoms with E-state index in [1.807, 2.05) is 0 Å². The lowest BCUT2D eigenvalue weighted by atomic mass is 9.89. The molecule has 0 spiro atoms. The first kappa shape index (κ1) is 14.1. The van der Waals surface area contributed by atoms with Crippen molar-refractivity contribution in [1.82, 2.24) is 0 Å². The van der Waals surface area contributed by atoms with E-state index < -0.39 is 10.0 Å². The van der Waals surface area contributed by atoms with Gasteiger partial charge in [-0.25, -0.2) is 13.6 Å². The lowest BCUT2D eigenvalue weighted by molar-refractivity contribution is 0.362. The molecule has 0 radical (unpaired) electrons. The Kier molecular flexibility index (Phi) is 3.73. The summed E-state index contributed by atoms with van der Waals surface area (Å²) in [5.74, 6) is 0. The quantitative estimate of drug-likeness (QED) is 0.735. The first-order chi connectivity index (χ1) is 8.80. The van der Waals surface area contributed by atoms with Crippen LogP contribution >= 0.6 is 0 Å². The van der Waals surface area contributed by atoms with Crippen LogP contribution in [0.25, 0.3) is 0 Å². The summed E-state index contributed by atoms with van der Waals surface area (Å²) in [4.78, 5) is 0.0640. The van der Waals surface area contributed by atoms with Gasteiger partial charge in [-0.1, -0.05) is 19.8 Å². The van der Waals surface area contributed by atoms with E-state index in [1.165, 1.54) is 31.7 Å². The third kappa shape index (κ3) is 3.39. The van der Waals surface area contributed by atoms with E-state index in [2.05, 4.69) is 12.2 Å². The third-order valence-corrected chi connectivity index (χ3v) is 4.78. The fourth-order valence-electron chi connectivity index (χ4n) is 2.63. The molecule has 0 atom stereocenters. The van der Waals surface area contributed by atoms with Crippen molar-refractivity contribution >= 4 is 21.4 Å². The van der Waals surface area contributed by atoms with Crippen LogP contribution in [-0.4, -0.2) is 15.0 Å². The molecule has 0 unspecified atom stereocenters. The molecule has 106 valence electrons. The molecule has 1 aliphatic carbocycles. The second kappa shape index (κ2) is 5.02. The van der Waals surface area contributed by atoms with E-state index in [9.17, 15) is 8.42 Å². The fourth-order valence-corrected chi connectivity index (χ4v) is 3.38. The second-order valence-corrected chi connectivity index (χ2v) is 7.20. The number of rotatable bonds is 4. The van der Waals surface area contributed by atoms with Gasteiger partial charge in [0.05, 0.1) is 5.69 Å². The molecule has 19 heavy (non-hydrogen) atoms. The summed E-state index contributed by atoms with van der Waals surface area (Å²) in [5, 5.41) is 8.43. The minimum atomic E-state index is -3.76. The Bertz CT molecular complexity index is 563. The van der Waals surface area contributed by atoms with Crippen molar-refractivity contribution in [2.75, 3.05) is 17.6 Å². The van der Waals surface area contributed by atoms with Crippen LogP contribution < -0.4 is 16.2 Å². The predicted octanol–water partition coefficient (Wildman–Crippen LogP) is 1.91. The largest absolute Gasteiger partial charge is 0.399 e. The Morgan fingerprint density at radius 3 is 2.53 bits per heavy atom. The number of sulfonamides is 1. The topological polar surface area (TPSA) is 98.2 Å². The molecule has 5 nitrogen and oxygen atoms in total. The molecule has 1 saturated carbocycles. The number of anilines is 2. The molecule has 0 amide bonds. The molecular weight excluding hydrogens is 262 g/mol. The van der Waals surface area contributed by atoms with E-state index >= 15 is 0 Å². The number of hydrogen-bond donors (Lipinski definition) is 3. The molecule has 0 heterocycles. The van der Waals surface area contributed by atoms with E-state index in [-0.39, 0.29) is 10.3 Å². The molecule has 5 N–H and O–H groups in total. The summed E-state index contributed by atoms with van der Waals surface area (Å²) in [7, 11) is -3.76. The number of hydrogen-bond acceptors (Lipinski definition) is 4. The van der Waals surface area contributed by atoms with Gasteiger partial charge in [0, 0.05) is 12.2 Å². The van der Waals surface area contributed by atoms with Crippen LogP contribution in [0.4, 0.5) is 11.4 Å². The smallest absolute Gasteiger partial charge is 0.240 e. The second-order valence-electron chi connectivity index (χ2n) is 5.67. The number of nitrogens with two attached hydrogens (primary N) is 2. The maximum absolute atomic E-state index is 11.6. The van der Waals surface area contributed by atoms with Crippen LogP contribution in [0.3, 0.4) is 0 Å². The van der Waals surface area contributed by atoms with Gasteiger partial charge in [0.1, 0.15) is 4.90 Å². The van der Waals surface area contributed by atoms with Crippen LogP contribution in [-0.2, 0) is 10.0 Å². The van der Waals surface area contributed by atoms with Crippen LogP contribution in [0, 0.1) is 5.41 Å². The van der Waals surface area contributed by atoms with Crippen LogP contribution in [0.15, 0.2) is 23.1 Å². The summed E-state index contributed by atoms with van der Waals surface area (Å²) >= 11 is 0. The fraction of sp³-hybridized carbons (Fsp3) is 0.538. The van der Waals surface area contributed by atoms with E-state index in [0.29, 0.717) is 11.4 Å². The summed E-state index contributed by atoms with van der Waals surface area (Å²) in [6.07, 6.45) is 4.81. The van der Waals surface area contributed by atoms with Gasteiger partial charge in [-0.05, 0) is 36.5 Å². The van der Waals surface area contributed by atoms with Gasteiger partial charge in [-0.3, -0.25) is 0 Å². The Morgan fingerprint density at radius 2 is 1.95 bits per heavy atom. The van der Waals surface area contributed by atoms with Gasteiger partial charge in [0.25, 0.3) is 0 Å². The lowest BCUT2D eigenvalue weighted by Gasteiger charge is -2.25. The average Bonchev–Trinajstić information content (AvgIpc) is 2.74. The molecule has 1 aromatic carbocycles. The molecule has 0 saturated heterocycles. The van der Waals surface area contributed by atoms with Gasteiger partial charge in [0.15, 0.2) is 0 Å². The zero-order valence-corrected chi connectivity index (χ0v) is 12.0. The molecule has 6 heteroatoms. The van der Waals surface area contributed by atoms with E-state index in [0.717, 1.165) is 6.54 Å². The predicted molar refractivity (Wildman–Crippen MR) is 77.3 cm³/mol. The monoisotopic (exact) mass is 283 g/mol. The molecule has 0 bridgehead atoms. The van der Waals surface area contributed by atoms with Crippen LogP contribution in [0.5, 0.6) is 0 Å². The summed E-state index contributed by atoms with van der Waals surface area (Å²) in [6, 6.07) is 4.75. The summed E-state index contributed by atoms with van der Waals surface area (Å²) < 4.78 is 23.1. The van der Waals surface area contributed by atoms with Crippen molar-refractivity contribution in [3.05, 3.63) is 18.2 Å². The van der Waals surface area contributed by atoms with Crippen molar-refractivity contribution in [2.45, 2.75) is 37.5 Å². The van der Waals surface area contributed by atoms with Crippen molar-refractivity contribution in [3.63, 3.8) is 0 Å². The third-order valence-electron chi connectivity index (χ3n) is 3.83. The van der Waals surface area contributed by atoms with E-state index in [4.69, 9.17) is 10.9 Å². The Labute approximate surface area is 114 Å². The highest BCUT2D eigenvalue weighted by atomic mass is 32.2. The molecule has 0 aromatic heterocycles. The SMILES string of the molecule is CC1(CNc2ccc(N)cc2S(N)(=O)=O)CCCC1. The molecule has 1 aromatic rings. The molecule has 1 aliphatic rings. The van der Waals surface area contributed by atoms with Crippen LogP contribution in [0.1, 0.15) is 32.6 Å². The minimum absolute atomic E-state index is 0.0640. The Morgan fingerprint density at radius 1 is 1.32 bits per heavy atom. The van der Waals surface area contributed by atoms with Gasteiger partial charge in [-0.15, -0.1) is 0 Å². The lowest BCUT2D eigenvalue weighted by Crippen LogP contribution is -2.24. The normalized spacial score (nSPS) is 18.4. The van der Waals surface area contributed by atoms with Gasteiger partial charge >= 0.3 is 0 Å². The highest BCUT2D eigenvalue weighted by Gasteiger charge is 2.28. The number of nitrogens with one attached hydrogen (secondary N) is 1. The summed E-state index contributed by atoms with van der Waals surface area (Å²) in [5.41, 5.74) is 6.78. The average molecular weight is 283 g/mol. The van der Waals surface area contributed by atoms with Gasteiger partial charge in [-0.2, -0.15) is 0 Å². The molecule has 1 fully saturated rings. The summed E-state index contributed by atoms with van der Waals surface area (Å²) in [6.45, 7) is 2.97. The van der Waals surface area contributed by atoms with Gasteiger partial charge in [0.2, 0.25) is 10.0 Å². The first-order valence-electron chi connectivity index (χ1n) is 6.46. The Balaban J connectivity index is 2.21. The van der Waals surface area contributed by atoms with Crippen molar-refractivity contribution < 1.29 is 8.42 Å². The van der Waals surface area contributed by atoms with Crippen molar-refractivity contribution in [2.24, 2.45) is 10.6 Å². The minimum Gasteiger partial charge on any atom is -0.399 e. The molecular formula is C13H21N3O2S. The first-order valence-corrected chi connectivity index (χ1v) is 8.01. The van der Waals surface area contributed by atoms with Crippen LogP contribution in [0.2, 0.25) is 0 Å². The number of nitrogen functional groups attached to an aromatic ring is 1. The Hall–Kier alpha value is -1.27. The number of primary sulfonamides is 1. The standard InChI is InChI=1S/C13H21N3O2S/c1-13(6-2-3-7-13)9-16-11-5-4-10(14)8-12(11)19(15,17)18/h4-5,8,16H,2-3,6-7,9,14H2,1H3,(H2,15,17,18). The number of benzene rings is 1. The maximum Gasteiger partial charge on any atom is 0.240 e.